The van der Waals surface area contributed by atoms with Crippen molar-refractivity contribution >= 4 is 44.6 Å². The molecular weight excluding hydrogens is 416 g/mol. The van der Waals surface area contributed by atoms with Crippen LogP contribution in [0.25, 0.3) is 0 Å². The average Bonchev–Trinajstić information content (AvgIpc) is 2.63. The molecule has 6 heteroatoms. The van der Waals surface area contributed by atoms with Crippen LogP contribution in [0.4, 0.5) is 0 Å². The van der Waals surface area contributed by atoms with Crippen LogP contribution < -0.4 is 0 Å². The van der Waals surface area contributed by atoms with E-state index in [2.05, 4.69) is 15.9 Å². The molecule has 0 radical (unpaired) electrons. The Morgan fingerprint density at radius 1 is 1.04 bits per heavy atom. The van der Waals surface area contributed by atoms with Crippen molar-refractivity contribution in [2.24, 2.45) is 0 Å². The second kappa shape index (κ2) is 10.3. The zero-order valence-corrected chi connectivity index (χ0v) is 16.8. The van der Waals surface area contributed by atoms with Crippen LogP contribution in [0.2, 0.25) is 0 Å². The lowest BCUT2D eigenvalue weighted by atomic mass is 10.0. The minimum Gasteiger partial charge on any atom is -0.461 e. The minimum atomic E-state index is -0.404. The summed E-state index contributed by atoms with van der Waals surface area (Å²) in [6.45, 7) is 1.69. The largest absolute Gasteiger partial charge is 0.461 e. The molecule has 2 aromatic rings. The highest BCUT2D eigenvalue weighted by molar-refractivity contribution is 9.10. The van der Waals surface area contributed by atoms with E-state index in [0.717, 1.165) is 27.4 Å². The highest BCUT2D eigenvalue weighted by Gasteiger charge is 2.15. The van der Waals surface area contributed by atoms with Crippen molar-refractivity contribution in [3.63, 3.8) is 0 Å². The first-order valence-corrected chi connectivity index (χ1v) is 9.88. The molecule has 0 aliphatic carbocycles. The summed E-state index contributed by atoms with van der Waals surface area (Å²) in [6, 6.07) is 14.7. The number of ketones is 1. The lowest BCUT2D eigenvalue weighted by molar-refractivity contribution is -0.144. The lowest BCUT2D eigenvalue weighted by Gasteiger charge is -2.09. The van der Waals surface area contributed by atoms with Gasteiger partial charge in [0.25, 0.3) is 0 Å². The molecular formula is C20H19BrO4S. The summed E-state index contributed by atoms with van der Waals surface area (Å²) < 4.78 is 6.04. The van der Waals surface area contributed by atoms with Gasteiger partial charge in [-0.2, -0.15) is 0 Å². The third kappa shape index (κ3) is 6.77. The van der Waals surface area contributed by atoms with Crippen LogP contribution in [-0.4, -0.2) is 16.9 Å². The van der Waals surface area contributed by atoms with Gasteiger partial charge in [0.2, 0.25) is 0 Å². The highest BCUT2D eigenvalue weighted by Crippen LogP contribution is 2.23. The Hall–Kier alpha value is -1.92. The van der Waals surface area contributed by atoms with Crippen molar-refractivity contribution in [2.45, 2.75) is 32.1 Å². The molecule has 0 aliphatic rings. The fourth-order valence-corrected chi connectivity index (χ4v) is 3.30. The summed E-state index contributed by atoms with van der Waals surface area (Å²) in [7, 11) is 0. The number of Topliss-reactive ketones (excluding diaryl/α,β-unsaturated/α-hetero) is 1. The maximum atomic E-state index is 12.5. The predicted molar refractivity (Wildman–Crippen MR) is 106 cm³/mol. The monoisotopic (exact) mass is 434 g/mol. The molecule has 0 fully saturated rings. The number of rotatable bonds is 8. The van der Waals surface area contributed by atoms with Crippen molar-refractivity contribution in [3.8, 4) is 0 Å². The summed E-state index contributed by atoms with van der Waals surface area (Å²) in [4.78, 5) is 35.6. The molecule has 0 N–H and O–H groups in total. The number of carbonyl (C=O) groups is 3. The Balaban J connectivity index is 1.90. The van der Waals surface area contributed by atoms with Gasteiger partial charge in [-0.25, -0.2) is 0 Å². The molecule has 26 heavy (non-hydrogen) atoms. The van der Waals surface area contributed by atoms with E-state index < -0.39 is 5.97 Å². The number of thioether (sulfide) groups is 1. The summed E-state index contributed by atoms with van der Waals surface area (Å²) in [5, 5.41) is -0.00661. The fraction of sp³-hybridized carbons (Fsp3) is 0.250. The molecule has 0 spiro atoms. The normalized spacial score (nSPS) is 10.4. The first-order valence-electron chi connectivity index (χ1n) is 8.10. The van der Waals surface area contributed by atoms with Gasteiger partial charge >= 0.3 is 5.97 Å². The summed E-state index contributed by atoms with van der Waals surface area (Å²) in [5.74, 6) is -0.110. The Morgan fingerprint density at radius 2 is 1.77 bits per heavy atom. The van der Waals surface area contributed by atoms with E-state index in [1.807, 2.05) is 36.4 Å². The molecule has 0 saturated carbocycles. The van der Waals surface area contributed by atoms with E-state index >= 15 is 0 Å². The lowest BCUT2D eigenvalue weighted by Crippen LogP contribution is -2.10. The van der Waals surface area contributed by atoms with Crippen LogP contribution in [-0.2, 0) is 26.7 Å². The first kappa shape index (κ1) is 20.4. The van der Waals surface area contributed by atoms with Gasteiger partial charge in [0.05, 0.1) is 6.42 Å². The molecule has 0 aromatic heterocycles. The van der Waals surface area contributed by atoms with Crippen LogP contribution >= 0.6 is 27.7 Å². The van der Waals surface area contributed by atoms with E-state index in [1.54, 1.807) is 12.1 Å². The van der Waals surface area contributed by atoms with E-state index in [0.29, 0.717) is 11.3 Å². The smallest absolute Gasteiger partial charge is 0.306 e. The first-order chi connectivity index (χ1) is 12.5. The molecule has 4 nitrogen and oxygen atoms in total. The second-order valence-corrected chi connectivity index (χ2v) is 7.72. The zero-order valence-electron chi connectivity index (χ0n) is 14.4. The van der Waals surface area contributed by atoms with Gasteiger partial charge in [-0.3, -0.25) is 14.4 Å². The van der Waals surface area contributed by atoms with Crippen molar-refractivity contribution in [1.82, 2.24) is 0 Å². The quantitative estimate of drug-likeness (QED) is 0.435. The van der Waals surface area contributed by atoms with Crippen LogP contribution in [0, 0.1) is 0 Å². The molecule has 2 aromatic carbocycles. The SMILES string of the molecule is CC(=O)SCc1cc(Br)ccc1C(=O)CCC(=O)OCc1ccccc1. The number of hydrogen-bond acceptors (Lipinski definition) is 5. The number of benzene rings is 2. The molecule has 0 heterocycles. The third-order valence-electron chi connectivity index (χ3n) is 3.60. The molecule has 0 amide bonds. The number of esters is 1. The van der Waals surface area contributed by atoms with E-state index in [4.69, 9.17) is 4.74 Å². The average molecular weight is 435 g/mol. The number of hydrogen-bond donors (Lipinski definition) is 0. The fourth-order valence-electron chi connectivity index (χ4n) is 2.29. The minimum absolute atomic E-state index is 0.00661. The summed E-state index contributed by atoms with van der Waals surface area (Å²) >= 11 is 4.53. The Bertz CT molecular complexity index is 790. The van der Waals surface area contributed by atoms with Gasteiger partial charge in [-0.05, 0) is 29.3 Å². The number of carbonyl (C=O) groups excluding carboxylic acids is 3. The number of ether oxygens (including phenoxy) is 1. The third-order valence-corrected chi connectivity index (χ3v) is 4.95. The van der Waals surface area contributed by atoms with Gasteiger partial charge in [0.15, 0.2) is 10.9 Å². The molecule has 0 bridgehead atoms. The van der Waals surface area contributed by atoms with Gasteiger partial charge < -0.3 is 4.74 Å². The van der Waals surface area contributed by atoms with Crippen molar-refractivity contribution in [2.75, 3.05) is 0 Å². The van der Waals surface area contributed by atoms with Crippen molar-refractivity contribution in [3.05, 3.63) is 69.7 Å². The molecule has 0 aliphatic heterocycles. The molecule has 2 rings (SSSR count). The predicted octanol–water partition coefficient (Wildman–Crippen LogP) is 4.94. The molecule has 0 atom stereocenters. The maximum absolute atomic E-state index is 12.5. The van der Waals surface area contributed by atoms with Gasteiger partial charge in [-0.1, -0.05) is 58.0 Å². The van der Waals surface area contributed by atoms with Crippen LogP contribution in [0.15, 0.2) is 53.0 Å². The Morgan fingerprint density at radius 3 is 2.46 bits per heavy atom. The topological polar surface area (TPSA) is 60.4 Å². The highest BCUT2D eigenvalue weighted by atomic mass is 79.9. The van der Waals surface area contributed by atoms with Crippen LogP contribution in [0.1, 0.15) is 41.3 Å². The van der Waals surface area contributed by atoms with Crippen LogP contribution in [0.3, 0.4) is 0 Å². The summed E-state index contributed by atoms with van der Waals surface area (Å²) in [5.41, 5.74) is 2.23. The van der Waals surface area contributed by atoms with Gasteiger partial charge in [0, 0.05) is 29.1 Å². The molecule has 136 valence electrons. The van der Waals surface area contributed by atoms with Crippen LogP contribution in [0.5, 0.6) is 0 Å². The van der Waals surface area contributed by atoms with Crippen molar-refractivity contribution in [1.29, 1.82) is 0 Å². The summed E-state index contributed by atoms with van der Waals surface area (Å²) in [6.07, 6.45) is 0.105. The Kier molecular flexibility index (Phi) is 8.06. The standard InChI is InChI=1S/C20H19BrO4S/c1-14(22)26-13-16-11-17(21)7-8-18(16)19(23)9-10-20(24)25-12-15-5-3-2-4-6-15/h2-8,11H,9-10,12-13H2,1H3. The molecule has 0 saturated heterocycles. The Labute approximate surface area is 165 Å². The number of halogens is 1. The maximum Gasteiger partial charge on any atom is 0.306 e. The van der Waals surface area contributed by atoms with Gasteiger partial charge in [-0.15, -0.1) is 0 Å². The van der Waals surface area contributed by atoms with E-state index in [9.17, 15) is 14.4 Å². The van der Waals surface area contributed by atoms with E-state index in [1.165, 1.54) is 6.92 Å². The molecule has 0 unspecified atom stereocenters. The zero-order chi connectivity index (χ0) is 18.9. The van der Waals surface area contributed by atoms with Gasteiger partial charge in [0.1, 0.15) is 6.61 Å². The van der Waals surface area contributed by atoms with E-state index in [-0.39, 0.29) is 30.3 Å². The second-order valence-electron chi connectivity index (χ2n) is 5.65. The van der Waals surface area contributed by atoms with Crippen molar-refractivity contribution < 1.29 is 19.1 Å².